The molecule has 2 heteroatoms. The van der Waals surface area contributed by atoms with Crippen LogP contribution in [0.1, 0.15) is 44.6 Å². The first-order valence-electron chi connectivity index (χ1n) is 6.79. The van der Waals surface area contributed by atoms with Gasteiger partial charge in [-0.15, -0.1) is 0 Å². The van der Waals surface area contributed by atoms with Crippen molar-refractivity contribution in [3.05, 3.63) is 29.8 Å². The van der Waals surface area contributed by atoms with E-state index < -0.39 is 0 Å². The van der Waals surface area contributed by atoms with Gasteiger partial charge in [0.1, 0.15) is 5.75 Å². The third kappa shape index (κ3) is 3.22. The van der Waals surface area contributed by atoms with E-state index in [1.54, 1.807) is 0 Å². The van der Waals surface area contributed by atoms with Crippen LogP contribution in [0.4, 0.5) is 0 Å². The molecule has 0 saturated heterocycles. The van der Waals surface area contributed by atoms with E-state index in [0.29, 0.717) is 12.0 Å². The minimum Gasteiger partial charge on any atom is -0.494 e. The normalized spacial score (nSPS) is 23.9. The molecule has 2 atom stereocenters. The van der Waals surface area contributed by atoms with Crippen LogP contribution in [0.25, 0.3) is 0 Å². The summed E-state index contributed by atoms with van der Waals surface area (Å²) < 4.78 is 5.56. The Morgan fingerprint density at radius 2 is 2.18 bits per heavy atom. The SMILES string of the molecule is CCNC1CCC(c2cccc(OCC)c2)C1. The van der Waals surface area contributed by atoms with Gasteiger partial charge in [-0.25, -0.2) is 0 Å². The third-order valence-electron chi connectivity index (χ3n) is 3.57. The Labute approximate surface area is 104 Å². The van der Waals surface area contributed by atoms with Crippen molar-refractivity contribution >= 4 is 0 Å². The highest BCUT2D eigenvalue weighted by Crippen LogP contribution is 2.35. The molecule has 0 aliphatic heterocycles. The zero-order chi connectivity index (χ0) is 12.1. The molecule has 1 aliphatic carbocycles. The summed E-state index contributed by atoms with van der Waals surface area (Å²) in [5.74, 6) is 1.72. The molecule has 1 aromatic carbocycles. The highest BCUT2D eigenvalue weighted by atomic mass is 16.5. The summed E-state index contributed by atoms with van der Waals surface area (Å²) in [6.45, 7) is 6.04. The molecule has 2 nitrogen and oxygen atoms in total. The van der Waals surface area contributed by atoms with Gasteiger partial charge in [-0.1, -0.05) is 19.1 Å². The molecule has 0 heterocycles. The fraction of sp³-hybridized carbons (Fsp3) is 0.600. The molecular formula is C15H23NO. The second-order valence-electron chi connectivity index (χ2n) is 4.77. The van der Waals surface area contributed by atoms with Gasteiger partial charge in [-0.05, 0) is 56.3 Å². The first-order valence-corrected chi connectivity index (χ1v) is 6.79. The zero-order valence-corrected chi connectivity index (χ0v) is 10.9. The largest absolute Gasteiger partial charge is 0.494 e. The van der Waals surface area contributed by atoms with Crippen molar-refractivity contribution in [3.63, 3.8) is 0 Å². The summed E-state index contributed by atoms with van der Waals surface area (Å²) in [4.78, 5) is 0. The van der Waals surface area contributed by atoms with Crippen molar-refractivity contribution in [2.45, 2.75) is 45.1 Å². The molecule has 2 rings (SSSR count). The van der Waals surface area contributed by atoms with Crippen LogP contribution in [-0.2, 0) is 0 Å². The minimum absolute atomic E-state index is 0.708. The Hall–Kier alpha value is -1.02. The van der Waals surface area contributed by atoms with Gasteiger partial charge in [0, 0.05) is 6.04 Å². The van der Waals surface area contributed by atoms with Crippen molar-refractivity contribution in [2.75, 3.05) is 13.2 Å². The first kappa shape index (κ1) is 12.4. The molecular weight excluding hydrogens is 210 g/mol. The predicted octanol–water partition coefficient (Wildman–Crippen LogP) is 3.33. The van der Waals surface area contributed by atoms with Crippen LogP contribution in [0.3, 0.4) is 0 Å². The number of nitrogens with one attached hydrogen (secondary N) is 1. The lowest BCUT2D eigenvalue weighted by Crippen LogP contribution is -2.25. The maximum atomic E-state index is 5.56. The van der Waals surface area contributed by atoms with E-state index in [0.717, 1.165) is 18.9 Å². The van der Waals surface area contributed by atoms with Gasteiger partial charge in [0.15, 0.2) is 0 Å². The molecule has 1 saturated carbocycles. The first-order chi connectivity index (χ1) is 8.33. The summed E-state index contributed by atoms with van der Waals surface area (Å²) in [5, 5.41) is 3.55. The number of hydrogen-bond donors (Lipinski definition) is 1. The molecule has 0 bridgehead atoms. The lowest BCUT2D eigenvalue weighted by Gasteiger charge is -2.13. The summed E-state index contributed by atoms with van der Waals surface area (Å²) in [5.41, 5.74) is 1.44. The predicted molar refractivity (Wildman–Crippen MR) is 71.7 cm³/mol. The van der Waals surface area contributed by atoms with Gasteiger partial charge in [0.25, 0.3) is 0 Å². The fourth-order valence-electron chi connectivity index (χ4n) is 2.78. The van der Waals surface area contributed by atoms with Crippen molar-refractivity contribution in [2.24, 2.45) is 0 Å². The highest BCUT2D eigenvalue weighted by molar-refractivity contribution is 5.31. The van der Waals surface area contributed by atoms with Crippen LogP contribution in [0.2, 0.25) is 0 Å². The summed E-state index contributed by atoms with van der Waals surface area (Å²) in [6, 6.07) is 9.31. The average Bonchev–Trinajstić information content (AvgIpc) is 2.79. The molecule has 1 N–H and O–H groups in total. The van der Waals surface area contributed by atoms with E-state index in [9.17, 15) is 0 Å². The molecule has 0 aromatic heterocycles. The number of rotatable bonds is 5. The third-order valence-corrected chi connectivity index (χ3v) is 3.57. The molecule has 1 aliphatic rings. The Bertz CT molecular complexity index is 351. The smallest absolute Gasteiger partial charge is 0.119 e. The van der Waals surface area contributed by atoms with E-state index in [1.807, 2.05) is 13.0 Å². The monoisotopic (exact) mass is 233 g/mol. The molecule has 0 radical (unpaired) electrons. The standard InChI is InChI=1S/C15H23NO/c1-3-16-14-9-8-13(10-14)12-6-5-7-15(11-12)17-4-2/h5-7,11,13-14,16H,3-4,8-10H2,1-2H3. The maximum Gasteiger partial charge on any atom is 0.119 e. The number of hydrogen-bond acceptors (Lipinski definition) is 2. The second kappa shape index (κ2) is 6.06. The molecule has 0 amide bonds. The summed E-state index contributed by atoms with van der Waals surface area (Å²) in [6.07, 6.45) is 3.87. The van der Waals surface area contributed by atoms with E-state index in [4.69, 9.17) is 4.74 Å². The van der Waals surface area contributed by atoms with Crippen LogP contribution in [0.15, 0.2) is 24.3 Å². The van der Waals surface area contributed by atoms with E-state index >= 15 is 0 Å². The average molecular weight is 233 g/mol. The lowest BCUT2D eigenvalue weighted by molar-refractivity contribution is 0.339. The quantitative estimate of drug-likeness (QED) is 0.842. The van der Waals surface area contributed by atoms with Crippen LogP contribution >= 0.6 is 0 Å². The Morgan fingerprint density at radius 3 is 2.94 bits per heavy atom. The van der Waals surface area contributed by atoms with Crippen molar-refractivity contribution in [3.8, 4) is 5.75 Å². The van der Waals surface area contributed by atoms with E-state index in [1.165, 1.54) is 24.8 Å². The summed E-state index contributed by atoms with van der Waals surface area (Å²) >= 11 is 0. The van der Waals surface area contributed by atoms with Crippen molar-refractivity contribution in [1.29, 1.82) is 0 Å². The lowest BCUT2D eigenvalue weighted by atomic mass is 9.97. The van der Waals surface area contributed by atoms with Crippen LogP contribution < -0.4 is 10.1 Å². The van der Waals surface area contributed by atoms with Gasteiger partial charge < -0.3 is 10.1 Å². The number of ether oxygens (including phenoxy) is 1. The van der Waals surface area contributed by atoms with Gasteiger partial charge >= 0.3 is 0 Å². The Morgan fingerprint density at radius 1 is 1.29 bits per heavy atom. The molecule has 2 unspecified atom stereocenters. The highest BCUT2D eigenvalue weighted by Gasteiger charge is 2.25. The van der Waals surface area contributed by atoms with Gasteiger partial charge in [0.05, 0.1) is 6.61 Å². The molecule has 94 valence electrons. The fourth-order valence-corrected chi connectivity index (χ4v) is 2.78. The molecule has 17 heavy (non-hydrogen) atoms. The number of benzene rings is 1. The zero-order valence-electron chi connectivity index (χ0n) is 10.9. The van der Waals surface area contributed by atoms with E-state index in [-0.39, 0.29) is 0 Å². The van der Waals surface area contributed by atoms with Crippen LogP contribution in [-0.4, -0.2) is 19.2 Å². The second-order valence-corrected chi connectivity index (χ2v) is 4.77. The summed E-state index contributed by atoms with van der Waals surface area (Å²) in [7, 11) is 0. The molecule has 1 aromatic rings. The molecule has 0 spiro atoms. The van der Waals surface area contributed by atoms with Crippen molar-refractivity contribution < 1.29 is 4.74 Å². The van der Waals surface area contributed by atoms with Gasteiger partial charge in [-0.2, -0.15) is 0 Å². The van der Waals surface area contributed by atoms with Crippen LogP contribution in [0, 0.1) is 0 Å². The Kier molecular flexibility index (Phi) is 4.43. The Balaban J connectivity index is 2.00. The van der Waals surface area contributed by atoms with Gasteiger partial charge in [0.2, 0.25) is 0 Å². The van der Waals surface area contributed by atoms with Gasteiger partial charge in [-0.3, -0.25) is 0 Å². The minimum atomic E-state index is 0.708. The molecule has 1 fully saturated rings. The maximum absolute atomic E-state index is 5.56. The topological polar surface area (TPSA) is 21.3 Å². The van der Waals surface area contributed by atoms with Crippen LogP contribution in [0.5, 0.6) is 5.75 Å². The van der Waals surface area contributed by atoms with E-state index in [2.05, 4.69) is 30.4 Å². The van der Waals surface area contributed by atoms with Crippen molar-refractivity contribution in [1.82, 2.24) is 5.32 Å².